The Labute approximate surface area is 169 Å². The van der Waals surface area contributed by atoms with E-state index in [0.29, 0.717) is 32.2 Å². The van der Waals surface area contributed by atoms with E-state index in [0.717, 1.165) is 11.4 Å². The second-order valence-electron chi connectivity index (χ2n) is 6.99. The van der Waals surface area contributed by atoms with Crippen LogP contribution >= 0.6 is 11.8 Å². The van der Waals surface area contributed by atoms with E-state index < -0.39 is 11.7 Å². The SMILES string of the molecule is CSCC(C)C(=O)CCCC1=CN(c2cccnc2)CCCC=C1C(F)(F)F. The summed E-state index contributed by atoms with van der Waals surface area (Å²) in [7, 11) is 0. The highest BCUT2D eigenvalue weighted by molar-refractivity contribution is 7.98. The maximum Gasteiger partial charge on any atom is 0.416 e. The number of anilines is 1. The fraction of sp³-hybridized carbons (Fsp3) is 0.524. The summed E-state index contributed by atoms with van der Waals surface area (Å²) in [4.78, 5) is 18.1. The first-order valence-electron chi connectivity index (χ1n) is 9.49. The van der Waals surface area contributed by atoms with Crippen molar-refractivity contribution in [2.24, 2.45) is 5.92 Å². The Hall–Kier alpha value is -1.76. The van der Waals surface area contributed by atoms with Crippen LogP contribution in [-0.4, -0.2) is 35.5 Å². The van der Waals surface area contributed by atoms with Crippen molar-refractivity contribution in [1.29, 1.82) is 0 Å². The molecule has 0 fully saturated rings. The lowest BCUT2D eigenvalue weighted by atomic mass is 9.95. The summed E-state index contributed by atoms with van der Waals surface area (Å²) < 4.78 is 40.9. The molecule has 0 amide bonds. The van der Waals surface area contributed by atoms with Crippen LogP contribution in [0.1, 0.15) is 39.0 Å². The topological polar surface area (TPSA) is 33.2 Å². The number of hydrogen-bond acceptors (Lipinski definition) is 4. The highest BCUT2D eigenvalue weighted by atomic mass is 32.2. The number of hydrogen-bond donors (Lipinski definition) is 0. The first-order valence-corrected chi connectivity index (χ1v) is 10.9. The van der Waals surface area contributed by atoms with Gasteiger partial charge in [0, 0.05) is 37.0 Å². The molecule has 1 aromatic heterocycles. The van der Waals surface area contributed by atoms with Gasteiger partial charge in [-0.1, -0.05) is 13.0 Å². The van der Waals surface area contributed by atoms with Crippen molar-refractivity contribution in [3.63, 3.8) is 0 Å². The Morgan fingerprint density at radius 3 is 2.82 bits per heavy atom. The van der Waals surface area contributed by atoms with Crippen molar-refractivity contribution in [2.45, 2.75) is 45.2 Å². The smallest absolute Gasteiger partial charge is 0.346 e. The monoisotopic (exact) mass is 412 g/mol. The number of aromatic nitrogens is 1. The molecule has 0 aliphatic carbocycles. The first kappa shape index (κ1) is 22.5. The molecule has 0 spiro atoms. The summed E-state index contributed by atoms with van der Waals surface area (Å²) in [6.45, 7) is 2.50. The number of nitrogens with zero attached hydrogens (tertiary/aromatic N) is 2. The van der Waals surface area contributed by atoms with Crippen LogP contribution in [-0.2, 0) is 4.79 Å². The van der Waals surface area contributed by atoms with E-state index in [1.165, 1.54) is 6.08 Å². The van der Waals surface area contributed by atoms with Crippen LogP contribution in [0.15, 0.2) is 47.9 Å². The summed E-state index contributed by atoms with van der Waals surface area (Å²) in [5, 5.41) is 0. The third-order valence-electron chi connectivity index (χ3n) is 4.73. The Kier molecular flexibility index (Phi) is 8.60. The van der Waals surface area contributed by atoms with E-state index in [-0.39, 0.29) is 23.7 Å². The molecule has 7 heteroatoms. The maximum absolute atomic E-state index is 13.6. The van der Waals surface area contributed by atoms with Gasteiger partial charge in [-0.2, -0.15) is 24.9 Å². The highest BCUT2D eigenvalue weighted by Gasteiger charge is 2.36. The van der Waals surface area contributed by atoms with Gasteiger partial charge in [-0.25, -0.2) is 0 Å². The molecule has 28 heavy (non-hydrogen) atoms. The largest absolute Gasteiger partial charge is 0.416 e. The lowest BCUT2D eigenvalue weighted by Crippen LogP contribution is -2.23. The molecule has 0 radical (unpaired) electrons. The molecule has 2 heterocycles. The minimum atomic E-state index is -4.40. The van der Waals surface area contributed by atoms with Crippen molar-refractivity contribution in [2.75, 3.05) is 23.5 Å². The number of carbonyl (C=O) groups excluding carboxylic acids is 1. The Morgan fingerprint density at radius 1 is 1.39 bits per heavy atom. The lowest BCUT2D eigenvalue weighted by Gasteiger charge is -2.26. The summed E-state index contributed by atoms with van der Waals surface area (Å²) in [5.74, 6) is 0.789. The molecule has 0 aromatic carbocycles. The molecule has 0 bridgehead atoms. The van der Waals surface area contributed by atoms with E-state index in [4.69, 9.17) is 0 Å². The molecular weight excluding hydrogens is 385 g/mol. The van der Waals surface area contributed by atoms with Gasteiger partial charge in [0.1, 0.15) is 5.78 Å². The zero-order chi connectivity index (χ0) is 20.6. The number of halogens is 3. The normalized spacial score (nSPS) is 16.7. The van der Waals surface area contributed by atoms with E-state index in [1.54, 1.807) is 36.4 Å². The molecule has 154 valence electrons. The van der Waals surface area contributed by atoms with Crippen LogP contribution < -0.4 is 4.90 Å². The third-order valence-corrected chi connectivity index (χ3v) is 5.56. The number of Topliss-reactive ketones (excluding diaryl/α,β-unsaturated/α-hetero) is 1. The molecule has 1 aromatic rings. The predicted octanol–water partition coefficient (Wildman–Crippen LogP) is 5.79. The average molecular weight is 413 g/mol. The fourth-order valence-corrected chi connectivity index (χ4v) is 3.91. The van der Waals surface area contributed by atoms with Crippen LogP contribution in [0.25, 0.3) is 0 Å². The van der Waals surface area contributed by atoms with Crippen LogP contribution in [0, 0.1) is 5.92 Å². The van der Waals surface area contributed by atoms with Gasteiger partial charge in [-0.15, -0.1) is 0 Å². The quantitative estimate of drug-likeness (QED) is 0.541. The molecule has 1 atom stereocenters. The van der Waals surface area contributed by atoms with Crippen LogP contribution in [0.4, 0.5) is 18.9 Å². The van der Waals surface area contributed by atoms with Gasteiger partial charge in [-0.3, -0.25) is 9.78 Å². The van der Waals surface area contributed by atoms with Crippen LogP contribution in [0.3, 0.4) is 0 Å². The Bertz CT molecular complexity index is 701. The van der Waals surface area contributed by atoms with Gasteiger partial charge < -0.3 is 4.90 Å². The maximum atomic E-state index is 13.6. The minimum Gasteiger partial charge on any atom is -0.346 e. The Morgan fingerprint density at radius 2 is 2.18 bits per heavy atom. The van der Waals surface area contributed by atoms with Gasteiger partial charge in [0.25, 0.3) is 0 Å². The van der Waals surface area contributed by atoms with Gasteiger partial charge in [-0.05, 0) is 49.6 Å². The number of allylic oxidation sites excluding steroid dienone is 3. The number of carbonyl (C=O) groups is 1. The number of pyridine rings is 1. The van der Waals surface area contributed by atoms with E-state index in [2.05, 4.69) is 4.98 Å². The van der Waals surface area contributed by atoms with Gasteiger partial charge in [0.05, 0.1) is 17.5 Å². The van der Waals surface area contributed by atoms with E-state index in [1.807, 2.05) is 24.1 Å². The second kappa shape index (κ2) is 10.7. The van der Waals surface area contributed by atoms with Crippen molar-refractivity contribution in [3.05, 3.63) is 47.9 Å². The fourth-order valence-electron chi connectivity index (χ4n) is 3.23. The predicted molar refractivity (Wildman–Crippen MR) is 109 cm³/mol. The molecule has 1 aliphatic heterocycles. The molecular formula is C21H27F3N2OS. The first-order chi connectivity index (χ1) is 13.3. The number of rotatable bonds is 8. The van der Waals surface area contributed by atoms with Crippen molar-refractivity contribution in [3.8, 4) is 0 Å². The zero-order valence-electron chi connectivity index (χ0n) is 16.3. The van der Waals surface area contributed by atoms with Crippen LogP contribution in [0.2, 0.25) is 0 Å². The average Bonchev–Trinajstić information content (AvgIpc) is 2.63. The molecule has 0 saturated carbocycles. The lowest BCUT2D eigenvalue weighted by molar-refractivity contribution is -0.121. The van der Waals surface area contributed by atoms with Crippen LogP contribution in [0.5, 0.6) is 0 Å². The highest BCUT2D eigenvalue weighted by Crippen LogP contribution is 2.36. The molecule has 0 saturated heterocycles. The third kappa shape index (κ3) is 6.69. The molecule has 1 aliphatic rings. The standard InChI is InChI=1S/C21H27F3N2OS/c1-16(15-28-2)20(27)10-5-7-17-14-26(18-8-6-11-25-13-18)12-4-3-9-19(17)21(22,23)24/h6,8-9,11,13-14,16H,3-5,7,10,12,15H2,1-2H3. The zero-order valence-corrected chi connectivity index (χ0v) is 17.2. The number of ketones is 1. The van der Waals surface area contributed by atoms with Crippen molar-refractivity contribution >= 4 is 23.2 Å². The van der Waals surface area contributed by atoms with Crippen molar-refractivity contribution < 1.29 is 18.0 Å². The minimum absolute atomic E-state index is 0.0640. The summed E-state index contributed by atoms with van der Waals surface area (Å²) in [6, 6.07) is 3.61. The molecule has 2 rings (SSSR count). The molecule has 0 N–H and O–H groups in total. The summed E-state index contributed by atoms with van der Waals surface area (Å²) >= 11 is 1.60. The van der Waals surface area contributed by atoms with Gasteiger partial charge in [0.15, 0.2) is 0 Å². The molecule has 1 unspecified atom stereocenters. The summed E-state index contributed by atoms with van der Waals surface area (Å²) in [6.07, 6.45) is 5.65. The van der Waals surface area contributed by atoms with E-state index in [9.17, 15) is 18.0 Å². The number of alkyl halides is 3. The summed E-state index contributed by atoms with van der Waals surface area (Å²) in [5.41, 5.74) is 0.431. The second-order valence-corrected chi connectivity index (χ2v) is 7.90. The molecule has 3 nitrogen and oxygen atoms in total. The number of thioether (sulfide) groups is 1. The van der Waals surface area contributed by atoms with E-state index >= 15 is 0 Å². The van der Waals surface area contributed by atoms with Gasteiger partial charge >= 0.3 is 6.18 Å². The van der Waals surface area contributed by atoms with Gasteiger partial charge in [0.2, 0.25) is 0 Å². The van der Waals surface area contributed by atoms with Crippen molar-refractivity contribution in [1.82, 2.24) is 4.98 Å². The Balaban J connectivity index is 2.20.